The molecule has 4 rings (SSSR count). The van der Waals surface area contributed by atoms with Crippen LogP contribution in [0, 0.1) is 6.92 Å². The number of aromatic nitrogens is 2. The number of nitrogens with one attached hydrogen (secondary N) is 1. The number of para-hydroxylation sites is 1. The van der Waals surface area contributed by atoms with Crippen LogP contribution < -0.4 is 10.9 Å². The number of thiophene rings is 1. The molecule has 2 aromatic heterocycles. The fourth-order valence-electron chi connectivity index (χ4n) is 3.51. The molecule has 1 N–H and O–H groups in total. The molecule has 0 radical (unpaired) electrons. The molecule has 0 atom stereocenters. The van der Waals surface area contributed by atoms with Crippen molar-refractivity contribution in [1.29, 1.82) is 0 Å². The van der Waals surface area contributed by atoms with Crippen molar-refractivity contribution in [2.24, 2.45) is 0 Å². The summed E-state index contributed by atoms with van der Waals surface area (Å²) in [6, 6.07) is 9.56. The largest absolute Gasteiger partial charge is 0.321 e. The molecule has 6 heteroatoms. The molecule has 1 aliphatic rings. The van der Waals surface area contributed by atoms with Gasteiger partial charge in [0.05, 0.1) is 16.6 Å². The Balaban J connectivity index is 1.73. The van der Waals surface area contributed by atoms with Crippen LogP contribution in [0.3, 0.4) is 0 Å². The molecule has 25 heavy (non-hydrogen) atoms. The van der Waals surface area contributed by atoms with E-state index in [1.165, 1.54) is 11.3 Å². The van der Waals surface area contributed by atoms with Gasteiger partial charge in [0, 0.05) is 11.7 Å². The number of hydrogen-bond acceptors (Lipinski definition) is 4. The summed E-state index contributed by atoms with van der Waals surface area (Å²) < 4.78 is 1.76. The predicted molar refractivity (Wildman–Crippen MR) is 101 cm³/mol. The fourth-order valence-corrected chi connectivity index (χ4v) is 4.54. The Hall–Kier alpha value is -2.47. The van der Waals surface area contributed by atoms with Gasteiger partial charge in [-0.3, -0.25) is 14.2 Å². The smallest absolute Gasteiger partial charge is 0.266 e. The highest BCUT2D eigenvalue weighted by molar-refractivity contribution is 7.20. The van der Waals surface area contributed by atoms with E-state index in [0.717, 1.165) is 36.9 Å². The molecular formula is C19H19N3O2S. The van der Waals surface area contributed by atoms with Gasteiger partial charge in [0.2, 0.25) is 0 Å². The summed E-state index contributed by atoms with van der Waals surface area (Å²) in [4.78, 5) is 31.2. The minimum Gasteiger partial charge on any atom is -0.321 e. The van der Waals surface area contributed by atoms with Gasteiger partial charge < -0.3 is 5.32 Å². The van der Waals surface area contributed by atoms with Crippen LogP contribution in [-0.2, 0) is 0 Å². The van der Waals surface area contributed by atoms with Gasteiger partial charge in [-0.05, 0) is 37.5 Å². The van der Waals surface area contributed by atoms with Crippen LogP contribution in [0.1, 0.15) is 47.0 Å². The van der Waals surface area contributed by atoms with Crippen molar-refractivity contribution < 1.29 is 4.79 Å². The second-order valence-electron chi connectivity index (χ2n) is 6.45. The molecular weight excluding hydrogens is 334 g/mol. The summed E-state index contributed by atoms with van der Waals surface area (Å²) in [7, 11) is 0. The van der Waals surface area contributed by atoms with E-state index in [1.54, 1.807) is 10.9 Å². The molecule has 1 aliphatic carbocycles. The SMILES string of the molecule is Cc1c(C(=O)Nc2ccccc2)sc2ncn(C3CCCC3)c(=O)c12. The first-order valence-electron chi connectivity index (χ1n) is 8.52. The summed E-state index contributed by atoms with van der Waals surface area (Å²) in [6.07, 6.45) is 6.01. The normalized spacial score (nSPS) is 14.9. The number of carbonyl (C=O) groups excluding carboxylic acids is 1. The van der Waals surface area contributed by atoms with Gasteiger partial charge in [0.15, 0.2) is 0 Å². The van der Waals surface area contributed by atoms with Crippen LogP contribution in [-0.4, -0.2) is 15.5 Å². The summed E-state index contributed by atoms with van der Waals surface area (Å²) >= 11 is 1.28. The topological polar surface area (TPSA) is 64.0 Å². The molecule has 2 heterocycles. The van der Waals surface area contributed by atoms with E-state index >= 15 is 0 Å². The molecule has 5 nitrogen and oxygen atoms in total. The highest BCUT2D eigenvalue weighted by Crippen LogP contribution is 2.31. The number of nitrogens with zero attached hydrogens (tertiary/aromatic N) is 2. The lowest BCUT2D eigenvalue weighted by Gasteiger charge is -2.12. The van der Waals surface area contributed by atoms with E-state index in [9.17, 15) is 9.59 Å². The molecule has 0 unspecified atom stereocenters. The first kappa shape index (κ1) is 16.0. The third-order valence-corrected chi connectivity index (χ3v) is 6.03. The Morgan fingerprint density at radius 3 is 2.68 bits per heavy atom. The van der Waals surface area contributed by atoms with E-state index in [1.807, 2.05) is 37.3 Å². The van der Waals surface area contributed by atoms with Crippen LogP contribution in [0.25, 0.3) is 10.2 Å². The zero-order valence-corrected chi connectivity index (χ0v) is 14.8. The number of hydrogen-bond donors (Lipinski definition) is 1. The van der Waals surface area contributed by atoms with Crippen molar-refractivity contribution in [3.05, 3.63) is 57.5 Å². The zero-order valence-electron chi connectivity index (χ0n) is 14.0. The maximum atomic E-state index is 12.9. The molecule has 1 aromatic carbocycles. The molecule has 1 fully saturated rings. The number of carbonyl (C=O) groups is 1. The number of benzene rings is 1. The summed E-state index contributed by atoms with van der Waals surface area (Å²) in [5, 5.41) is 3.47. The average Bonchev–Trinajstić information content (AvgIpc) is 3.25. The lowest BCUT2D eigenvalue weighted by molar-refractivity contribution is 0.103. The number of amides is 1. The summed E-state index contributed by atoms with van der Waals surface area (Å²) in [5.74, 6) is -0.196. The van der Waals surface area contributed by atoms with Gasteiger partial charge in [-0.15, -0.1) is 11.3 Å². The molecule has 1 amide bonds. The van der Waals surface area contributed by atoms with Crippen LogP contribution in [0.5, 0.6) is 0 Å². The van der Waals surface area contributed by atoms with Crippen molar-refractivity contribution in [2.75, 3.05) is 5.32 Å². The third-order valence-electron chi connectivity index (χ3n) is 4.83. The molecule has 0 bridgehead atoms. The Kier molecular flexibility index (Phi) is 4.13. The predicted octanol–water partition coefficient (Wildman–Crippen LogP) is 4.13. The van der Waals surface area contributed by atoms with Gasteiger partial charge in [-0.25, -0.2) is 4.98 Å². The van der Waals surface area contributed by atoms with Gasteiger partial charge >= 0.3 is 0 Å². The number of rotatable bonds is 3. The van der Waals surface area contributed by atoms with Crippen molar-refractivity contribution in [1.82, 2.24) is 9.55 Å². The average molecular weight is 353 g/mol. The molecule has 3 aromatic rings. The van der Waals surface area contributed by atoms with Crippen LogP contribution in [0.4, 0.5) is 5.69 Å². The number of aryl methyl sites for hydroxylation is 1. The van der Waals surface area contributed by atoms with Gasteiger partial charge in [0.25, 0.3) is 11.5 Å². The van der Waals surface area contributed by atoms with E-state index < -0.39 is 0 Å². The number of fused-ring (bicyclic) bond motifs is 1. The van der Waals surface area contributed by atoms with Crippen LogP contribution in [0.15, 0.2) is 41.5 Å². The maximum Gasteiger partial charge on any atom is 0.266 e. The highest BCUT2D eigenvalue weighted by Gasteiger charge is 2.23. The minimum absolute atomic E-state index is 0.0237. The third kappa shape index (κ3) is 2.87. The van der Waals surface area contributed by atoms with E-state index in [-0.39, 0.29) is 17.5 Å². The lowest BCUT2D eigenvalue weighted by atomic mass is 10.2. The Labute approximate surface area is 149 Å². The first-order chi connectivity index (χ1) is 12.1. The minimum atomic E-state index is -0.196. The number of anilines is 1. The highest BCUT2D eigenvalue weighted by atomic mass is 32.1. The molecule has 128 valence electrons. The monoisotopic (exact) mass is 353 g/mol. The summed E-state index contributed by atoms with van der Waals surface area (Å²) in [5.41, 5.74) is 1.43. The fraction of sp³-hybridized carbons (Fsp3) is 0.316. The van der Waals surface area contributed by atoms with Crippen molar-refractivity contribution in [2.45, 2.75) is 38.6 Å². The van der Waals surface area contributed by atoms with E-state index in [2.05, 4.69) is 10.3 Å². The molecule has 0 aliphatic heterocycles. The van der Waals surface area contributed by atoms with Crippen molar-refractivity contribution in [3.8, 4) is 0 Å². The Morgan fingerprint density at radius 2 is 1.96 bits per heavy atom. The maximum absolute atomic E-state index is 12.9. The van der Waals surface area contributed by atoms with Crippen molar-refractivity contribution in [3.63, 3.8) is 0 Å². The van der Waals surface area contributed by atoms with E-state index in [4.69, 9.17) is 0 Å². The van der Waals surface area contributed by atoms with E-state index in [0.29, 0.717) is 15.1 Å². The van der Waals surface area contributed by atoms with Crippen LogP contribution in [0.2, 0.25) is 0 Å². The molecule has 0 spiro atoms. The second kappa shape index (κ2) is 6.44. The summed E-state index contributed by atoms with van der Waals surface area (Å²) in [6.45, 7) is 1.83. The molecule has 0 saturated heterocycles. The lowest BCUT2D eigenvalue weighted by Crippen LogP contribution is -2.23. The standard InChI is InChI=1S/C19H19N3O2S/c1-12-15-18(20-11-22(19(15)24)14-9-5-6-10-14)25-16(12)17(23)21-13-7-3-2-4-8-13/h2-4,7-8,11,14H,5-6,9-10H2,1H3,(H,21,23). The van der Waals surface area contributed by atoms with Gasteiger partial charge in [-0.2, -0.15) is 0 Å². The second-order valence-corrected chi connectivity index (χ2v) is 7.45. The van der Waals surface area contributed by atoms with Crippen LogP contribution >= 0.6 is 11.3 Å². The molecule has 1 saturated carbocycles. The Morgan fingerprint density at radius 1 is 1.24 bits per heavy atom. The Bertz CT molecular complexity index is 985. The van der Waals surface area contributed by atoms with Gasteiger partial charge in [0.1, 0.15) is 4.83 Å². The zero-order chi connectivity index (χ0) is 17.4. The first-order valence-corrected chi connectivity index (χ1v) is 9.33. The quantitative estimate of drug-likeness (QED) is 0.770. The van der Waals surface area contributed by atoms with Crippen molar-refractivity contribution >= 4 is 33.1 Å². The van der Waals surface area contributed by atoms with Gasteiger partial charge in [-0.1, -0.05) is 31.0 Å².